The van der Waals surface area contributed by atoms with E-state index >= 15 is 0 Å². The molecule has 1 fully saturated rings. The van der Waals surface area contributed by atoms with E-state index in [0.29, 0.717) is 0 Å². The van der Waals surface area contributed by atoms with Crippen LogP contribution in [0.1, 0.15) is 30.3 Å². The number of thiazole rings is 1. The van der Waals surface area contributed by atoms with Gasteiger partial charge in [0.05, 0.1) is 17.2 Å². The smallest absolute Gasteiger partial charge is 0.185 e. The summed E-state index contributed by atoms with van der Waals surface area (Å²) in [7, 11) is 0. The van der Waals surface area contributed by atoms with Gasteiger partial charge in [-0.2, -0.15) is 0 Å². The molecule has 0 unspecified atom stereocenters. The van der Waals surface area contributed by atoms with Gasteiger partial charge in [0.2, 0.25) is 0 Å². The quantitative estimate of drug-likeness (QED) is 0.836. The normalized spacial score (nSPS) is 15.7. The Hall–Kier alpha value is -0.610. The molecule has 1 N–H and O–H groups in total. The summed E-state index contributed by atoms with van der Waals surface area (Å²) in [5.41, 5.74) is 0.978. The summed E-state index contributed by atoms with van der Waals surface area (Å²) >= 11 is 1.63. The van der Waals surface area contributed by atoms with E-state index in [9.17, 15) is 0 Å². The van der Waals surface area contributed by atoms with Crippen LogP contribution in [0.2, 0.25) is 0 Å². The first-order valence-electron chi connectivity index (χ1n) is 5.56. The minimum atomic E-state index is 0.116. The third-order valence-electron chi connectivity index (χ3n) is 2.85. The zero-order valence-electron chi connectivity index (χ0n) is 9.36. The van der Waals surface area contributed by atoms with E-state index in [2.05, 4.69) is 16.8 Å². The van der Waals surface area contributed by atoms with Crippen LogP contribution in [0, 0.1) is 12.8 Å². The van der Waals surface area contributed by atoms with Crippen molar-refractivity contribution in [3.8, 4) is 0 Å². The summed E-state index contributed by atoms with van der Waals surface area (Å²) in [6.45, 7) is 6.39. The first-order chi connectivity index (χ1) is 7.24. The molecule has 1 aromatic heterocycles. The molecule has 2 rings (SSSR count). The molecule has 0 saturated heterocycles. The summed E-state index contributed by atoms with van der Waals surface area (Å²) in [5.74, 6) is 0.881. The summed E-state index contributed by atoms with van der Waals surface area (Å²) in [5, 5.41) is 10.2. The van der Waals surface area contributed by atoms with Crippen LogP contribution >= 0.6 is 11.3 Å². The van der Waals surface area contributed by atoms with Crippen molar-refractivity contribution in [3.05, 3.63) is 10.6 Å². The number of rotatable bonds is 5. The van der Waals surface area contributed by atoms with Crippen LogP contribution in [-0.4, -0.2) is 23.2 Å². The molecule has 1 aliphatic carbocycles. The van der Waals surface area contributed by atoms with Gasteiger partial charge >= 0.3 is 0 Å². The molecule has 3 nitrogen and oxygen atoms in total. The molecule has 84 valence electrons. The van der Waals surface area contributed by atoms with Crippen LogP contribution in [-0.2, 0) is 6.61 Å². The first kappa shape index (κ1) is 10.9. The minimum Gasteiger partial charge on any atom is -0.391 e. The lowest BCUT2D eigenvalue weighted by atomic mass is 10.4. The highest BCUT2D eigenvalue weighted by Crippen LogP contribution is 2.33. The number of aromatic nitrogens is 1. The average molecular weight is 226 g/mol. The highest BCUT2D eigenvalue weighted by atomic mass is 32.1. The van der Waals surface area contributed by atoms with Gasteiger partial charge in [0.1, 0.15) is 0 Å². The average Bonchev–Trinajstić information content (AvgIpc) is 2.98. The van der Waals surface area contributed by atoms with E-state index in [0.717, 1.165) is 34.7 Å². The molecule has 0 aromatic carbocycles. The van der Waals surface area contributed by atoms with Gasteiger partial charge in [0.25, 0.3) is 0 Å². The van der Waals surface area contributed by atoms with E-state index in [-0.39, 0.29) is 6.61 Å². The van der Waals surface area contributed by atoms with E-state index in [1.807, 2.05) is 6.92 Å². The van der Waals surface area contributed by atoms with Crippen LogP contribution < -0.4 is 4.90 Å². The summed E-state index contributed by atoms with van der Waals surface area (Å²) in [4.78, 5) is 7.85. The Bertz CT molecular complexity index is 333. The second-order valence-electron chi connectivity index (χ2n) is 4.15. The van der Waals surface area contributed by atoms with Crippen molar-refractivity contribution >= 4 is 16.5 Å². The molecule has 1 aromatic rings. The van der Waals surface area contributed by atoms with Crippen LogP contribution in [0.15, 0.2) is 0 Å². The fourth-order valence-corrected chi connectivity index (χ4v) is 2.64. The monoisotopic (exact) mass is 226 g/mol. The predicted octanol–water partition coefficient (Wildman–Crippen LogP) is 2.18. The molecule has 0 aliphatic heterocycles. The van der Waals surface area contributed by atoms with Crippen LogP contribution in [0.3, 0.4) is 0 Å². The summed E-state index contributed by atoms with van der Waals surface area (Å²) in [6.07, 6.45) is 2.74. The van der Waals surface area contributed by atoms with Crippen LogP contribution in [0.25, 0.3) is 0 Å². The molecule has 4 heteroatoms. The highest BCUT2D eigenvalue weighted by molar-refractivity contribution is 7.15. The predicted molar refractivity (Wildman–Crippen MR) is 63.4 cm³/mol. The second kappa shape index (κ2) is 4.49. The van der Waals surface area contributed by atoms with Crippen molar-refractivity contribution in [1.82, 2.24) is 4.98 Å². The maximum atomic E-state index is 9.13. The fraction of sp³-hybridized carbons (Fsp3) is 0.727. The fourth-order valence-electron chi connectivity index (χ4n) is 1.65. The Morgan fingerprint density at radius 2 is 2.27 bits per heavy atom. The van der Waals surface area contributed by atoms with Crippen molar-refractivity contribution in [2.24, 2.45) is 5.92 Å². The van der Waals surface area contributed by atoms with Gasteiger partial charge in [0, 0.05) is 13.1 Å². The number of aryl methyl sites for hydroxylation is 1. The maximum absolute atomic E-state index is 9.13. The first-order valence-corrected chi connectivity index (χ1v) is 6.38. The van der Waals surface area contributed by atoms with Gasteiger partial charge in [0.15, 0.2) is 5.13 Å². The third kappa shape index (κ3) is 2.49. The minimum absolute atomic E-state index is 0.116. The van der Waals surface area contributed by atoms with Crippen molar-refractivity contribution in [1.29, 1.82) is 0 Å². The number of aliphatic hydroxyl groups is 1. The molecule has 1 aliphatic rings. The Balaban J connectivity index is 2.10. The Kier molecular flexibility index (Phi) is 3.26. The van der Waals surface area contributed by atoms with Gasteiger partial charge in [-0.15, -0.1) is 0 Å². The molecule has 0 atom stereocenters. The van der Waals surface area contributed by atoms with Crippen molar-refractivity contribution in [3.63, 3.8) is 0 Å². The standard InChI is InChI=1S/C11H18N2OS/c1-3-13(6-9-4-5-9)11-12-8(2)10(7-14)15-11/h9,14H,3-7H2,1-2H3. The van der Waals surface area contributed by atoms with Crippen LogP contribution in [0.5, 0.6) is 0 Å². The Labute approximate surface area is 94.8 Å². The lowest BCUT2D eigenvalue weighted by Crippen LogP contribution is -2.24. The molecule has 1 heterocycles. The van der Waals surface area contributed by atoms with Crippen molar-refractivity contribution in [2.75, 3.05) is 18.0 Å². The van der Waals surface area contributed by atoms with E-state index in [1.54, 1.807) is 11.3 Å². The summed E-state index contributed by atoms with van der Waals surface area (Å²) < 4.78 is 0. The Morgan fingerprint density at radius 1 is 1.53 bits per heavy atom. The molecule has 15 heavy (non-hydrogen) atoms. The third-order valence-corrected chi connectivity index (χ3v) is 4.06. The van der Waals surface area contributed by atoms with Gasteiger partial charge in [-0.25, -0.2) is 4.98 Å². The highest BCUT2D eigenvalue weighted by Gasteiger charge is 2.25. The van der Waals surface area contributed by atoms with Crippen LogP contribution in [0.4, 0.5) is 5.13 Å². The maximum Gasteiger partial charge on any atom is 0.185 e. The lowest BCUT2D eigenvalue weighted by molar-refractivity contribution is 0.284. The molecule has 1 saturated carbocycles. The lowest BCUT2D eigenvalue weighted by Gasteiger charge is -2.19. The van der Waals surface area contributed by atoms with Gasteiger partial charge in [-0.1, -0.05) is 11.3 Å². The van der Waals surface area contributed by atoms with Gasteiger partial charge in [-0.05, 0) is 32.6 Å². The van der Waals surface area contributed by atoms with Gasteiger partial charge < -0.3 is 10.0 Å². The summed E-state index contributed by atoms with van der Waals surface area (Å²) in [6, 6.07) is 0. The van der Waals surface area contributed by atoms with E-state index in [4.69, 9.17) is 5.11 Å². The number of anilines is 1. The van der Waals surface area contributed by atoms with Gasteiger partial charge in [-0.3, -0.25) is 0 Å². The largest absolute Gasteiger partial charge is 0.391 e. The topological polar surface area (TPSA) is 36.4 Å². The molecular formula is C11H18N2OS. The number of hydrogen-bond acceptors (Lipinski definition) is 4. The van der Waals surface area contributed by atoms with E-state index < -0.39 is 0 Å². The number of nitrogens with zero attached hydrogens (tertiary/aromatic N) is 2. The number of hydrogen-bond donors (Lipinski definition) is 1. The van der Waals surface area contributed by atoms with Crippen molar-refractivity contribution < 1.29 is 5.11 Å². The molecular weight excluding hydrogens is 208 g/mol. The molecule has 0 bridgehead atoms. The molecule has 0 spiro atoms. The zero-order valence-corrected chi connectivity index (χ0v) is 10.2. The molecule has 0 amide bonds. The van der Waals surface area contributed by atoms with Crippen molar-refractivity contribution in [2.45, 2.75) is 33.3 Å². The Morgan fingerprint density at radius 3 is 2.73 bits per heavy atom. The molecule has 0 radical (unpaired) electrons. The van der Waals surface area contributed by atoms with E-state index in [1.165, 1.54) is 12.8 Å². The SMILES string of the molecule is CCN(CC1CC1)c1nc(C)c(CO)s1. The number of aliphatic hydroxyl groups excluding tert-OH is 1. The second-order valence-corrected chi connectivity index (χ2v) is 5.21. The zero-order chi connectivity index (χ0) is 10.8.